The number of rotatable bonds is 6. The van der Waals surface area contributed by atoms with Crippen LogP contribution in [-0.2, 0) is 16.0 Å². The number of amides is 1. The maximum Gasteiger partial charge on any atom is 0.348 e. The summed E-state index contributed by atoms with van der Waals surface area (Å²) in [6.45, 7) is 3.85. The van der Waals surface area contributed by atoms with Gasteiger partial charge in [-0.3, -0.25) is 15.6 Å². The normalized spacial score (nSPS) is 10.6. The van der Waals surface area contributed by atoms with E-state index in [1.54, 1.807) is 38.1 Å². The molecule has 140 valence electrons. The number of esters is 1. The molecule has 0 spiro atoms. The predicted molar refractivity (Wildman–Crippen MR) is 105 cm³/mol. The quantitative estimate of drug-likeness (QED) is 0.482. The predicted octanol–water partition coefficient (Wildman–Crippen LogP) is 3.52. The number of aromatic nitrogens is 2. The van der Waals surface area contributed by atoms with Crippen molar-refractivity contribution in [2.24, 2.45) is 0 Å². The van der Waals surface area contributed by atoms with E-state index in [0.717, 1.165) is 5.56 Å². The molecule has 0 radical (unpaired) electrons. The minimum atomic E-state index is -0.393. The van der Waals surface area contributed by atoms with Crippen LogP contribution in [0, 0.1) is 6.92 Å². The molecule has 3 aromatic rings. The van der Waals surface area contributed by atoms with Crippen molar-refractivity contribution in [1.29, 1.82) is 0 Å². The fourth-order valence-corrected chi connectivity index (χ4v) is 3.69. The number of carbonyl (C=O) groups excluding carboxylic acids is 2. The highest BCUT2D eigenvalue weighted by atomic mass is 35.5. The third kappa shape index (κ3) is 4.35. The number of thiophene rings is 1. The monoisotopic (exact) mass is 404 g/mol. The standard InChI is InChI=1S/C18H17ClN4O3S/c1-3-26-18(25)15-10(2)14-16(20-9-21-17(14)27-15)23-22-13(24)8-11-4-6-12(19)7-5-11/h4-7,9H,3,8H2,1-2H3,(H,22,24)(H,20,21,23). The van der Waals surface area contributed by atoms with Crippen molar-refractivity contribution >= 4 is 50.8 Å². The number of fused-ring (bicyclic) bond motifs is 1. The molecule has 0 unspecified atom stereocenters. The van der Waals surface area contributed by atoms with E-state index in [4.69, 9.17) is 16.3 Å². The summed E-state index contributed by atoms with van der Waals surface area (Å²) >= 11 is 7.08. The molecule has 1 amide bonds. The number of nitrogens with zero attached hydrogens (tertiary/aromatic N) is 2. The van der Waals surface area contributed by atoms with E-state index in [1.807, 2.05) is 0 Å². The largest absolute Gasteiger partial charge is 0.462 e. The average molecular weight is 405 g/mol. The van der Waals surface area contributed by atoms with Gasteiger partial charge in [0.05, 0.1) is 18.4 Å². The Bertz CT molecular complexity index is 988. The molecule has 0 saturated heterocycles. The molecule has 3 rings (SSSR count). The van der Waals surface area contributed by atoms with E-state index in [1.165, 1.54) is 17.7 Å². The van der Waals surface area contributed by atoms with E-state index in [9.17, 15) is 9.59 Å². The number of halogens is 1. The molecule has 0 aliphatic heterocycles. The van der Waals surface area contributed by atoms with Gasteiger partial charge in [-0.15, -0.1) is 11.3 Å². The topological polar surface area (TPSA) is 93.2 Å². The number of aryl methyl sites for hydroxylation is 1. The molecule has 9 heteroatoms. The van der Waals surface area contributed by atoms with Crippen molar-refractivity contribution < 1.29 is 14.3 Å². The van der Waals surface area contributed by atoms with Gasteiger partial charge in [0.15, 0.2) is 5.82 Å². The van der Waals surface area contributed by atoms with Crippen LogP contribution in [0.25, 0.3) is 10.2 Å². The molecule has 0 aliphatic rings. The van der Waals surface area contributed by atoms with Gasteiger partial charge >= 0.3 is 5.97 Å². The number of nitrogens with one attached hydrogen (secondary N) is 2. The maximum atomic E-state index is 12.2. The lowest BCUT2D eigenvalue weighted by Gasteiger charge is -2.09. The Morgan fingerprint density at radius 3 is 2.67 bits per heavy atom. The van der Waals surface area contributed by atoms with Crippen LogP contribution in [0.15, 0.2) is 30.6 Å². The zero-order valence-corrected chi connectivity index (χ0v) is 16.3. The van der Waals surface area contributed by atoms with Gasteiger partial charge in [0, 0.05) is 5.02 Å². The molecule has 27 heavy (non-hydrogen) atoms. The Labute approximate surface area is 164 Å². The van der Waals surface area contributed by atoms with E-state index < -0.39 is 5.97 Å². The number of hydrogen-bond acceptors (Lipinski definition) is 7. The van der Waals surface area contributed by atoms with Gasteiger partial charge in [0.1, 0.15) is 16.0 Å². The van der Waals surface area contributed by atoms with Gasteiger partial charge in [0.2, 0.25) is 5.91 Å². The van der Waals surface area contributed by atoms with Crippen LogP contribution < -0.4 is 10.9 Å². The Morgan fingerprint density at radius 2 is 1.96 bits per heavy atom. The third-order valence-electron chi connectivity index (χ3n) is 3.79. The van der Waals surface area contributed by atoms with Crippen LogP contribution >= 0.6 is 22.9 Å². The summed E-state index contributed by atoms with van der Waals surface area (Å²) in [5, 5.41) is 1.29. The van der Waals surface area contributed by atoms with E-state index in [2.05, 4.69) is 20.8 Å². The van der Waals surface area contributed by atoms with Gasteiger partial charge in [0.25, 0.3) is 0 Å². The molecule has 2 aromatic heterocycles. The van der Waals surface area contributed by atoms with Crippen LogP contribution in [0.5, 0.6) is 0 Å². The average Bonchev–Trinajstić information content (AvgIpc) is 3.00. The Kier molecular flexibility index (Phi) is 5.88. The highest BCUT2D eigenvalue weighted by Crippen LogP contribution is 2.33. The number of carbonyl (C=O) groups is 2. The minimum absolute atomic E-state index is 0.190. The molecular weight excluding hydrogens is 388 g/mol. The second-order valence-electron chi connectivity index (χ2n) is 5.66. The first-order chi connectivity index (χ1) is 13.0. The summed E-state index contributed by atoms with van der Waals surface area (Å²) in [7, 11) is 0. The van der Waals surface area contributed by atoms with Crippen LogP contribution in [0.4, 0.5) is 5.82 Å². The zero-order chi connectivity index (χ0) is 19.4. The molecule has 0 bridgehead atoms. The molecular formula is C18H17ClN4O3S. The third-order valence-corrected chi connectivity index (χ3v) is 5.22. The second kappa shape index (κ2) is 8.32. The SMILES string of the molecule is CCOC(=O)c1sc2ncnc(NNC(=O)Cc3ccc(Cl)cc3)c2c1C. The molecule has 2 N–H and O–H groups in total. The van der Waals surface area contributed by atoms with E-state index in [-0.39, 0.29) is 12.3 Å². The maximum absolute atomic E-state index is 12.2. The van der Waals surface area contributed by atoms with Gasteiger partial charge in [-0.25, -0.2) is 14.8 Å². The first kappa shape index (κ1) is 19.1. The first-order valence-corrected chi connectivity index (χ1v) is 9.39. The molecule has 7 nitrogen and oxygen atoms in total. The van der Waals surface area contributed by atoms with Crippen LogP contribution in [0.2, 0.25) is 5.02 Å². The summed E-state index contributed by atoms with van der Waals surface area (Å²) < 4.78 is 5.07. The van der Waals surface area contributed by atoms with Crippen molar-refractivity contribution in [3.8, 4) is 0 Å². The summed E-state index contributed by atoms with van der Waals surface area (Å²) in [5.41, 5.74) is 6.99. The fourth-order valence-electron chi connectivity index (χ4n) is 2.52. The van der Waals surface area contributed by atoms with Gasteiger partial charge in [-0.2, -0.15) is 0 Å². The molecule has 2 heterocycles. The number of hydrazine groups is 1. The minimum Gasteiger partial charge on any atom is -0.462 e. The lowest BCUT2D eigenvalue weighted by Crippen LogP contribution is -2.31. The Hall–Kier alpha value is -2.71. The number of ether oxygens (including phenoxy) is 1. The lowest BCUT2D eigenvalue weighted by atomic mass is 10.1. The summed E-state index contributed by atoms with van der Waals surface area (Å²) in [4.78, 5) is 33.7. The highest BCUT2D eigenvalue weighted by molar-refractivity contribution is 7.20. The van der Waals surface area contributed by atoms with Gasteiger partial charge in [-0.05, 0) is 37.1 Å². The Balaban J connectivity index is 1.75. The van der Waals surface area contributed by atoms with Gasteiger partial charge in [-0.1, -0.05) is 23.7 Å². The summed E-state index contributed by atoms with van der Waals surface area (Å²) in [6.07, 6.45) is 1.57. The number of benzene rings is 1. The van der Waals surface area contributed by atoms with Crippen LogP contribution in [0.3, 0.4) is 0 Å². The molecule has 0 saturated carbocycles. The summed E-state index contributed by atoms with van der Waals surface area (Å²) in [5.74, 6) is -0.202. The second-order valence-corrected chi connectivity index (χ2v) is 7.09. The highest BCUT2D eigenvalue weighted by Gasteiger charge is 2.20. The zero-order valence-electron chi connectivity index (χ0n) is 14.7. The molecule has 0 atom stereocenters. The smallest absolute Gasteiger partial charge is 0.348 e. The van der Waals surface area contributed by atoms with Crippen molar-refractivity contribution in [2.45, 2.75) is 20.3 Å². The van der Waals surface area contributed by atoms with Crippen molar-refractivity contribution in [3.63, 3.8) is 0 Å². The van der Waals surface area contributed by atoms with Crippen LogP contribution in [0.1, 0.15) is 27.7 Å². The Morgan fingerprint density at radius 1 is 1.22 bits per heavy atom. The first-order valence-electron chi connectivity index (χ1n) is 8.20. The molecule has 0 aliphatic carbocycles. The fraction of sp³-hybridized carbons (Fsp3) is 0.222. The van der Waals surface area contributed by atoms with Gasteiger partial charge < -0.3 is 4.74 Å². The molecule has 0 fully saturated rings. The molecule has 1 aromatic carbocycles. The van der Waals surface area contributed by atoms with Crippen LogP contribution in [-0.4, -0.2) is 28.5 Å². The van der Waals surface area contributed by atoms with Crippen molar-refractivity contribution in [3.05, 3.63) is 51.6 Å². The number of hydrogen-bond donors (Lipinski definition) is 2. The van der Waals surface area contributed by atoms with Crippen molar-refractivity contribution in [2.75, 3.05) is 12.0 Å². The van der Waals surface area contributed by atoms with E-state index in [0.29, 0.717) is 38.1 Å². The summed E-state index contributed by atoms with van der Waals surface area (Å²) in [6, 6.07) is 7.05. The van der Waals surface area contributed by atoms with E-state index >= 15 is 0 Å². The van der Waals surface area contributed by atoms with Crippen molar-refractivity contribution in [1.82, 2.24) is 15.4 Å². The lowest BCUT2D eigenvalue weighted by molar-refractivity contribution is -0.119. The number of anilines is 1.